The van der Waals surface area contributed by atoms with Crippen molar-refractivity contribution in [3.63, 3.8) is 0 Å². The quantitative estimate of drug-likeness (QED) is 0.386. The number of benzene rings is 2. The molecule has 1 N–H and O–H groups in total. The molecule has 38 heavy (non-hydrogen) atoms. The largest absolute Gasteiger partial charge is 0.465 e. The van der Waals surface area contributed by atoms with Gasteiger partial charge in [-0.05, 0) is 66.1 Å². The van der Waals surface area contributed by atoms with Crippen molar-refractivity contribution in [2.45, 2.75) is 31.6 Å². The van der Waals surface area contributed by atoms with Crippen LogP contribution in [0.25, 0.3) is 17.0 Å². The first-order valence-corrected chi connectivity index (χ1v) is 12.8. The van der Waals surface area contributed by atoms with Gasteiger partial charge in [0.1, 0.15) is 0 Å². The molecular formula is C25H20ClF3N4O4S. The Morgan fingerprint density at radius 3 is 2.74 bits per heavy atom. The van der Waals surface area contributed by atoms with Crippen molar-refractivity contribution in [1.29, 1.82) is 0 Å². The molecule has 198 valence electrons. The number of imide groups is 1. The van der Waals surface area contributed by atoms with Crippen LogP contribution < -0.4 is 0 Å². The summed E-state index contributed by atoms with van der Waals surface area (Å²) in [7, 11) is 0. The second kappa shape index (κ2) is 9.99. The molecule has 2 fully saturated rings. The number of likely N-dealkylation sites (tertiary alicyclic amines) is 1. The summed E-state index contributed by atoms with van der Waals surface area (Å²) < 4.78 is 41.9. The summed E-state index contributed by atoms with van der Waals surface area (Å²) in [6, 6.07) is 8.28. The van der Waals surface area contributed by atoms with Crippen LogP contribution in [0.3, 0.4) is 0 Å². The van der Waals surface area contributed by atoms with Crippen LogP contribution in [0.4, 0.5) is 22.8 Å². The van der Waals surface area contributed by atoms with Gasteiger partial charge in [-0.3, -0.25) is 19.2 Å². The van der Waals surface area contributed by atoms with Gasteiger partial charge in [0.05, 0.1) is 41.3 Å². The molecule has 1 aromatic heterocycles. The molecule has 13 heteroatoms. The molecule has 2 aliphatic heterocycles. The molecule has 2 aliphatic rings. The molecule has 3 amide bonds. The van der Waals surface area contributed by atoms with Gasteiger partial charge in [-0.1, -0.05) is 23.7 Å². The first kappa shape index (κ1) is 26.1. The maximum atomic E-state index is 13.5. The van der Waals surface area contributed by atoms with Gasteiger partial charge in [-0.15, -0.1) is 0 Å². The second-order valence-corrected chi connectivity index (χ2v) is 10.4. The van der Waals surface area contributed by atoms with Crippen molar-refractivity contribution >= 4 is 57.6 Å². The van der Waals surface area contributed by atoms with E-state index in [2.05, 4.69) is 5.10 Å². The number of alkyl halides is 3. The number of carboxylic acid groups (broad SMARTS) is 1. The summed E-state index contributed by atoms with van der Waals surface area (Å²) >= 11 is 6.55. The van der Waals surface area contributed by atoms with Crippen molar-refractivity contribution in [2.75, 3.05) is 13.1 Å². The lowest BCUT2D eigenvalue weighted by atomic mass is 10.1. The summed E-state index contributed by atoms with van der Waals surface area (Å²) in [5, 5.41) is 13.7. The Kier molecular flexibility index (Phi) is 6.86. The number of nitrogens with zero attached hydrogens (tertiary/aromatic N) is 4. The number of halogens is 4. The molecule has 5 rings (SSSR count). The average Bonchev–Trinajstić information content (AvgIpc) is 3.54. The second-order valence-electron chi connectivity index (χ2n) is 8.98. The molecule has 3 aromatic rings. The minimum atomic E-state index is -4.57. The van der Waals surface area contributed by atoms with Gasteiger partial charge in [0.25, 0.3) is 11.1 Å². The van der Waals surface area contributed by atoms with Crippen molar-refractivity contribution < 1.29 is 32.7 Å². The Morgan fingerprint density at radius 2 is 2.00 bits per heavy atom. The molecule has 0 radical (unpaired) electrons. The third-order valence-electron chi connectivity index (χ3n) is 6.55. The predicted octanol–water partition coefficient (Wildman–Crippen LogP) is 5.94. The first-order valence-electron chi connectivity index (χ1n) is 11.6. The third kappa shape index (κ3) is 5.10. The summed E-state index contributed by atoms with van der Waals surface area (Å²) in [6.45, 7) is 0.252. The predicted molar refractivity (Wildman–Crippen MR) is 136 cm³/mol. The van der Waals surface area contributed by atoms with Crippen molar-refractivity contribution in [2.24, 2.45) is 0 Å². The van der Waals surface area contributed by atoms with Crippen LogP contribution in [0.15, 0.2) is 47.5 Å². The van der Waals surface area contributed by atoms with E-state index in [9.17, 15) is 32.7 Å². The van der Waals surface area contributed by atoms with E-state index in [0.717, 1.165) is 22.7 Å². The van der Waals surface area contributed by atoms with Crippen LogP contribution in [-0.2, 0) is 17.5 Å². The molecule has 0 spiro atoms. The molecule has 2 aromatic carbocycles. The maximum absolute atomic E-state index is 13.5. The Bertz CT molecular complexity index is 1490. The van der Waals surface area contributed by atoms with Crippen LogP contribution in [0.1, 0.15) is 29.5 Å². The lowest BCUT2D eigenvalue weighted by molar-refractivity contribution is -0.138. The topological polar surface area (TPSA) is 95.7 Å². The molecule has 2 saturated heterocycles. The number of carbonyl (C=O) groups excluding carboxylic acids is 2. The number of carbonyl (C=O) groups is 3. The van der Waals surface area contributed by atoms with Gasteiger partial charge in [0.15, 0.2) is 0 Å². The molecule has 0 saturated carbocycles. The lowest BCUT2D eigenvalue weighted by Crippen LogP contribution is -2.44. The van der Waals surface area contributed by atoms with E-state index in [4.69, 9.17) is 11.6 Å². The van der Waals surface area contributed by atoms with E-state index in [-0.39, 0.29) is 28.6 Å². The van der Waals surface area contributed by atoms with E-state index < -0.39 is 35.0 Å². The van der Waals surface area contributed by atoms with E-state index in [1.54, 1.807) is 24.3 Å². The summed E-state index contributed by atoms with van der Waals surface area (Å²) in [6.07, 6.45) is -1.31. The van der Waals surface area contributed by atoms with Crippen molar-refractivity contribution in [1.82, 2.24) is 19.6 Å². The Balaban J connectivity index is 1.35. The number of hydrogen-bond donors (Lipinski definition) is 1. The minimum Gasteiger partial charge on any atom is -0.465 e. The van der Waals surface area contributed by atoms with Crippen LogP contribution in [0, 0.1) is 0 Å². The fraction of sp³-hybridized carbons (Fsp3) is 0.280. The normalized spacial score (nSPS) is 19.4. The van der Waals surface area contributed by atoms with Gasteiger partial charge in [-0.2, -0.15) is 18.3 Å². The monoisotopic (exact) mass is 564 g/mol. The Hall–Kier alpha value is -3.51. The molecule has 8 nitrogen and oxygen atoms in total. The van der Waals surface area contributed by atoms with Gasteiger partial charge < -0.3 is 10.0 Å². The molecule has 0 unspecified atom stereocenters. The van der Waals surface area contributed by atoms with E-state index in [1.807, 2.05) is 0 Å². The van der Waals surface area contributed by atoms with Gasteiger partial charge in [0.2, 0.25) is 0 Å². The zero-order valence-electron chi connectivity index (χ0n) is 19.6. The number of aromatic nitrogens is 2. The zero-order chi connectivity index (χ0) is 27.2. The highest BCUT2D eigenvalue weighted by molar-refractivity contribution is 8.18. The Morgan fingerprint density at radius 1 is 1.21 bits per heavy atom. The van der Waals surface area contributed by atoms with Crippen LogP contribution in [0.2, 0.25) is 5.02 Å². The number of thioether (sulfide) groups is 1. The molecule has 0 aliphatic carbocycles. The van der Waals surface area contributed by atoms with Gasteiger partial charge in [-0.25, -0.2) is 4.79 Å². The minimum absolute atomic E-state index is 0.00469. The van der Waals surface area contributed by atoms with Crippen LogP contribution in [-0.4, -0.2) is 61.1 Å². The van der Waals surface area contributed by atoms with Gasteiger partial charge in [0, 0.05) is 17.0 Å². The average molecular weight is 565 g/mol. The summed E-state index contributed by atoms with van der Waals surface area (Å²) in [4.78, 5) is 39.4. The number of hydrogen-bond acceptors (Lipinski definition) is 5. The number of fused-ring (bicyclic) bond motifs is 1. The summed E-state index contributed by atoms with van der Waals surface area (Å²) in [5.41, 5.74) is 0.393. The first-order chi connectivity index (χ1) is 18.0. The Labute approximate surface area is 223 Å². The standard InChI is InChI=1S/C25H20ClF3N4O4S/c26-17-5-4-15(19(10-17)25(27,28)29)12-33-20-6-3-14(8-16(20)11-30-33)9-21-22(34)32(24(37)38-21)13-18-2-1-7-31(18)23(35)36/h3-6,8-11,18H,1-2,7,12-13H2,(H,35,36)/b21-9-/t18-/m1/s1. The SMILES string of the molecule is O=C1S/C(=C\c2ccc3c(cnn3Cc3ccc(Cl)cc3C(F)(F)F)c2)C(=O)N1C[C@H]1CCCN1C(=O)O. The highest BCUT2D eigenvalue weighted by Gasteiger charge is 2.39. The molecule has 3 heterocycles. The van der Waals surface area contributed by atoms with Crippen LogP contribution >= 0.6 is 23.4 Å². The fourth-order valence-corrected chi connectivity index (χ4v) is 5.75. The number of amides is 3. The highest BCUT2D eigenvalue weighted by atomic mass is 35.5. The number of rotatable bonds is 5. The smallest absolute Gasteiger partial charge is 0.416 e. The zero-order valence-corrected chi connectivity index (χ0v) is 21.2. The maximum Gasteiger partial charge on any atom is 0.416 e. The van der Waals surface area contributed by atoms with E-state index >= 15 is 0 Å². The van der Waals surface area contributed by atoms with Gasteiger partial charge >= 0.3 is 12.3 Å². The molecular weight excluding hydrogens is 545 g/mol. The van der Waals surface area contributed by atoms with Crippen molar-refractivity contribution in [3.05, 3.63) is 69.2 Å². The lowest BCUT2D eigenvalue weighted by Gasteiger charge is -2.24. The molecule has 0 bridgehead atoms. The molecule has 1 atom stereocenters. The van der Waals surface area contributed by atoms with E-state index in [0.29, 0.717) is 35.9 Å². The van der Waals surface area contributed by atoms with Crippen LogP contribution in [0.5, 0.6) is 0 Å². The highest BCUT2D eigenvalue weighted by Crippen LogP contribution is 2.36. The van der Waals surface area contributed by atoms with Crippen molar-refractivity contribution in [3.8, 4) is 0 Å². The fourth-order valence-electron chi connectivity index (χ4n) is 4.73. The third-order valence-corrected chi connectivity index (χ3v) is 7.69. The van der Waals surface area contributed by atoms with E-state index in [1.165, 1.54) is 27.9 Å². The summed E-state index contributed by atoms with van der Waals surface area (Å²) in [5.74, 6) is -0.490.